The molecule has 1 fully saturated rings. The third kappa shape index (κ3) is 5.17. The molecule has 0 spiro atoms. The second-order valence-electron chi connectivity index (χ2n) is 7.73. The molecule has 2 aliphatic heterocycles. The van der Waals surface area contributed by atoms with Crippen LogP contribution in [0.4, 0.5) is 5.69 Å². The van der Waals surface area contributed by atoms with Crippen molar-refractivity contribution in [2.75, 3.05) is 11.9 Å². The first-order chi connectivity index (χ1) is 14.1. The molecule has 0 aromatic heterocycles. The molecule has 6 heteroatoms. The van der Waals surface area contributed by atoms with Gasteiger partial charge in [0.2, 0.25) is 11.8 Å². The number of benzene rings is 1. The number of carbonyl (C=O) groups excluding carboxylic acids is 3. The van der Waals surface area contributed by atoms with Gasteiger partial charge in [-0.3, -0.25) is 19.7 Å². The summed E-state index contributed by atoms with van der Waals surface area (Å²) in [4.78, 5) is 38.0. The highest BCUT2D eigenvalue weighted by Gasteiger charge is 2.39. The molecule has 0 radical (unpaired) electrons. The van der Waals surface area contributed by atoms with Crippen molar-refractivity contribution in [3.8, 4) is 12.3 Å². The first-order valence-corrected chi connectivity index (χ1v) is 10.6. The summed E-state index contributed by atoms with van der Waals surface area (Å²) in [7, 11) is 0. The molecule has 3 amide bonds. The molecule has 29 heavy (non-hydrogen) atoms. The Kier molecular flexibility index (Phi) is 7.29. The monoisotopic (exact) mass is 395 g/mol. The van der Waals surface area contributed by atoms with E-state index in [2.05, 4.69) is 16.6 Å². The van der Waals surface area contributed by atoms with E-state index in [1.807, 2.05) is 18.2 Å². The largest absolute Gasteiger partial charge is 0.385 e. The van der Waals surface area contributed by atoms with Gasteiger partial charge in [0.25, 0.3) is 5.91 Å². The molecule has 2 aliphatic rings. The number of nitrogens with zero attached hydrogens (tertiary/aromatic N) is 1. The molecule has 2 heterocycles. The summed E-state index contributed by atoms with van der Waals surface area (Å²) in [6.45, 7) is 1.26. The molecule has 3 rings (SSSR count). The zero-order chi connectivity index (χ0) is 20.6. The number of piperidine rings is 1. The van der Waals surface area contributed by atoms with Gasteiger partial charge in [-0.2, -0.15) is 0 Å². The number of amides is 3. The lowest BCUT2D eigenvalue weighted by molar-refractivity contribution is -0.136. The molecule has 1 saturated heterocycles. The van der Waals surface area contributed by atoms with Crippen LogP contribution in [0.3, 0.4) is 0 Å². The van der Waals surface area contributed by atoms with Gasteiger partial charge in [0.15, 0.2) is 0 Å². The second kappa shape index (κ2) is 10.1. The van der Waals surface area contributed by atoms with Gasteiger partial charge < -0.3 is 10.2 Å². The molecule has 2 N–H and O–H groups in total. The third-order valence-electron chi connectivity index (χ3n) is 5.65. The van der Waals surface area contributed by atoms with Crippen LogP contribution < -0.4 is 10.6 Å². The Balaban J connectivity index is 1.50. The Morgan fingerprint density at radius 2 is 1.86 bits per heavy atom. The van der Waals surface area contributed by atoms with Crippen LogP contribution in [0, 0.1) is 12.3 Å². The van der Waals surface area contributed by atoms with E-state index in [0.717, 1.165) is 37.1 Å². The molecule has 0 saturated carbocycles. The summed E-state index contributed by atoms with van der Waals surface area (Å²) in [5, 5.41) is 5.80. The van der Waals surface area contributed by atoms with Gasteiger partial charge in [-0.05, 0) is 31.4 Å². The number of nitrogens with one attached hydrogen (secondary N) is 2. The van der Waals surface area contributed by atoms with Gasteiger partial charge in [-0.25, -0.2) is 0 Å². The number of unbranched alkanes of at least 4 members (excludes halogenated alkanes) is 6. The lowest BCUT2D eigenvalue weighted by Crippen LogP contribution is -2.52. The van der Waals surface area contributed by atoms with Gasteiger partial charge in [0, 0.05) is 42.7 Å². The number of hydrogen-bond donors (Lipinski definition) is 2. The Morgan fingerprint density at radius 3 is 2.62 bits per heavy atom. The van der Waals surface area contributed by atoms with E-state index in [1.54, 1.807) is 4.90 Å². The van der Waals surface area contributed by atoms with E-state index in [1.165, 1.54) is 25.7 Å². The summed E-state index contributed by atoms with van der Waals surface area (Å²) in [6.07, 6.45) is 13.8. The average molecular weight is 396 g/mol. The minimum Gasteiger partial charge on any atom is -0.385 e. The Morgan fingerprint density at radius 1 is 1.10 bits per heavy atom. The first-order valence-electron chi connectivity index (χ1n) is 10.6. The van der Waals surface area contributed by atoms with Crippen molar-refractivity contribution in [1.82, 2.24) is 10.2 Å². The smallest absolute Gasteiger partial charge is 0.255 e. The lowest BCUT2D eigenvalue weighted by Gasteiger charge is -2.29. The van der Waals surface area contributed by atoms with Crippen LogP contribution in [-0.4, -0.2) is 35.2 Å². The van der Waals surface area contributed by atoms with E-state index < -0.39 is 6.04 Å². The zero-order valence-corrected chi connectivity index (χ0v) is 16.8. The number of carbonyl (C=O) groups is 3. The van der Waals surface area contributed by atoms with Crippen molar-refractivity contribution < 1.29 is 14.4 Å². The van der Waals surface area contributed by atoms with Crippen molar-refractivity contribution in [3.05, 3.63) is 29.3 Å². The number of imide groups is 1. The first kappa shape index (κ1) is 20.9. The molecule has 1 atom stereocenters. The Hall–Kier alpha value is -2.81. The van der Waals surface area contributed by atoms with E-state index in [0.29, 0.717) is 18.5 Å². The van der Waals surface area contributed by atoms with Crippen molar-refractivity contribution in [2.24, 2.45) is 0 Å². The van der Waals surface area contributed by atoms with Crippen LogP contribution in [0.2, 0.25) is 0 Å². The molecular formula is C23H29N3O3. The Bertz CT molecular complexity index is 812. The van der Waals surface area contributed by atoms with Crippen LogP contribution in [0.15, 0.2) is 18.2 Å². The fourth-order valence-electron chi connectivity index (χ4n) is 4.03. The van der Waals surface area contributed by atoms with E-state index in [-0.39, 0.29) is 24.1 Å². The van der Waals surface area contributed by atoms with Crippen molar-refractivity contribution in [2.45, 2.75) is 70.4 Å². The predicted octanol–water partition coefficient (Wildman–Crippen LogP) is 3.22. The number of fused-ring (bicyclic) bond motifs is 1. The summed E-state index contributed by atoms with van der Waals surface area (Å²) in [6, 6.07) is 5.10. The quantitative estimate of drug-likeness (QED) is 0.362. The third-order valence-corrected chi connectivity index (χ3v) is 5.65. The van der Waals surface area contributed by atoms with Gasteiger partial charge in [0.1, 0.15) is 6.04 Å². The van der Waals surface area contributed by atoms with Crippen LogP contribution >= 0.6 is 0 Å². The number of hydrogen-bond acceptors (Lipinski definition) is 4. The van der Waals surface area contributed by atoms with Crippen LogP contribution in [0.1, 0.15) is 73.7 Å². The minimum atomic E-state index is -0.574. The lowest BCUT2D eigenvalue weighted by atomic mass is 10.0. The molecule has 1 unspecified atom stereocenters. The molecule has 154 valence electrons. The van der Waals surface area contributed by atoms with Crippen LogP contribution in [0.25, 0.3) is 0 Å². The maximum Gasteiger partial charge on any atom is 0.255 e. The summed E-state index contributed by atoms with van der Waals surface area (Å²) in [5.41, 5.74) is 2.55. The second-order valence-corrected chi connectivity index (χ2v) is 7.73. The van der Waals surface area contributed by atoms with E-state index in [9.17, 15) is 14.4 Å². The van der Waals surface area contributed by atoms with Gasteiger partial charge in [-0.15, -0.1) is 12.3 Å². The topological polar surface area (TPSA) is 78.5 Å². The van der Waals surface area contributed by atoms with Gasteiger partial charge in [-0.1, -0.05) is 31.7 Å². The number of rotatable bonds is 10. The maximum absolute atomic E-state index is 12.8. The standard InChI is InChI=1S/C23H29N3O3/c1-2-3-4-5-6-7-8-9-15-24-19-12-10-11-17-18(19)16-26(23(17)29)20-13-14-21(27)25-22(20)28/h1,10-12,20,24H,3-9,13-16H2,(H,25,27,28). The molecular weight excluding hydrogens is 366 g/mol. The predicted molar refractivity (Wildman–Crippen MR) is 112 cm³/mol. The highest BCUT2D eigenvalue weighted by atomic mass is 16.2. The fourth-order valence-corrected chi connectivity index (χ4v) is 4.03. The molecule has 0 bridgehead atoms. The van der Waals surface area contributed by atoms with Crippen molar-refractivity contribution in [1.29, 1.82) is 0 Å². The molecule has 1 aromatic rings. The van der Waals surface area contributed by atoms with Crippen LogP contribution in [-0.2, 0) is 16.1 Å². The zero-order valence-electron chi connectivity index (χ0n) is 16.8. The number of terminal acetylenes is 1. The average Bonchev–Trinajstić information content (AvgIpc) is 3.04. The van der Waals surface area contributed by atoms with E-state index >= 15 is 0 Å². The summed E-state index contributed by atoms with van der Waals surface area (Å²) < 4.78 is 0. The van der Waals surface area contributed by atoms with Crippen LogP contribution in [0.5, 0.6) is 0 Å². The van der Waals surface area contributed by atoms with Gasteiger partial charge >= 0.3 is 0 Å². The molecule has 6 nitrogen and oxygen atoms in total. The highest BCUT2D eigenvalue weighted by Crippen LogP contribution is 2.32. The molecule has 1 aromatic carbocycles. The summed E-state index contributed by atoms with van der Waals surface area (Å²) >= 11 is 0. The summed E-state index contributed by atoms with van der Waals surface area (Å²) in [5.74, 6) is 1.89. The molecule has 0 aliphatic carbocycles. The van der Waals surface area contributed by atoms with Gasteiger partial charge in [0.05, 0.1) is 0 Å². The number of anilines is 1. The minimum absolute atomic E-state index is 0.134. The SMILES string of the molecule is C#CCCCCCCCCNc1cccc2c1CN(C1CCC(=O)NC1=O)C2=O. The maximum atomic E-state index is 12.8. The highest BCUT2D eigenvalue weighted by molar-refractivity contribution is 6.06. The fraction of sp³-hybridized carbons (Fsp3) is 0.522. The van der Waals surface area contributed by atoms with Crippen molar-refractivity contribution in [3.63, 3.8) is 0 Å². The van der Waals surface area contributed by atoms with Crippen molar-refractivity contribution >= 4 is 23.4 Å². The van der Waals surface area contributed by atoms with E-state index in [4.69, 9.17) is 6.42 Å². The normalized spacial score (nSPS) is 18.4. The Labute approximate surface area is 172 Å².